The second-order valence-electron chi connectivity index (χ2n) is 5.64. The van der Waals surface area contributed by atoms with E-state index in [1.807, 2.05) is 23.1 Å². The fourth-order valence-electron chi connectivity index (χ4n) is 2.60. The minimum atomic E-state index is -0.553. The molecule has 10 nitrogen and oxygen atoms in total. The molecule has 0 unspecified atom stereocenters. The molecule has 0 spiro atoms. The smallest absolute Gasteiger partial charge is 0.319 e. The summed E-state index contributed by atoms with van der Waals surface area (Å²) in [4.78, 5) is 38.9. The molecule has 1 aliphatic rings. The van der Waals surface area contributed by atoms with Crippen LogP contribution in [0.5, 0.6) is 0 Å². The lowest BCUT2D eigenvalue weighted by Crippen LogP contribution is -2.47. The Bertz CT molecular complexity index is 814. The SMILES string of the molecule is COC(=O)CSc1nc(N2CCN(c3ccccn3)CC2)ncc1[N+](=O)[O-]. The Morgan fingerprint density at radius 1 is 1.26 bits per heavy atom. The Morgan fingerprint density at radius 3 is 2.63 bits per heavy atom. The Balaban J connectivity index is 1.71. The normalized spacial score (nSPS) is 14.1. The molecule has 1 fully saturated rings. The number of ether oxygens (including phenoxy) is 1. The highest BCUT2D eigenvalue weighted by molar-refractivity contribution is 8.00. The van der Waals surface area contributed by atoms with Crippen LogP contribution in [0.2, 0.25) is 0 Å². The summed E-state index contributed by atoms with van der Waals surface area (Å²) in [7, 11) is 1.27. The van der Waals surface area contributed by atoms with Crippen molar-refractivity contribution in [1.82, 2.24) is 15.0 Å². The van der Waals surface area contributed by atoms with E-state index in [2.05, 4.69) is 24.6 Å². The van der Waals surface area contributed by atoms with Crippen molar-refractivity contribution in [3.63, 3.8) is 0 Å². The standard InChI is InChI=1S/C16H18N6O4S/c1-26-14(23)11-27-15-12(22(24)25)10-18-16(19-15)21-8-6-20(7-9-21)13-4-2-3-5-17-13/h2-5,10H,6-9,11H2,1H3. The number of carbonyl (C=O) groups excluding carboxylic acids is 1. The summed E-state index contributed by atoms with van der Waals surface area (Å²) in [5.41, 5.74) is -0.222. The molecule has 0 N–H and O–H groups in total. The lowest BCUT2D eigenvalue weighted by molar-refractivity contribution is -0.388. The van der Waals surface area contributed by atoms with E-state index >= 15 is 0 Å². The van der Waals surface area contributed by atoms with Crippen LogP contribution in [0.1, 0.15) is 0 Å². The van der Waals surface area contributed by atoms with Crippen LogP contribution < -0.4 is 9.80 Å². The largest absolute Gasteiger partial charge is 0.468 e. The van der Waals surface area contributed by atoms with Gasteiger partial charge in [0.05, 0.1) is 17.8 Å². The van der Waals surface area contributed by atoms with Gasteiger partial charge in [0.1, 0.15) is 12.0 Å². The first-order valence-corrected chi connectivity index (χ1v) is 9.19. The van der Waals surface area contributed by atoms with Crippen molar-refractivity contribution in [3.05, 3.63) is 40.7 Å². The first-order valence-electron chi connectivity index (χ1n) is 8.20. The number of rotatable bonds is 6. The van der Waals surface area contributed by atoms with Gasteiger partial charge in [0.15, 0.2) is 5.03 Å². The van der Waals surface area contributed by atoms with Crippen LogP contribution in [-0.2, 0) is 9.53 Å². The van der Waals surface area contributed by atoms with Crippen LogP contribution in [0.15, 0.2) is 35.6 Å². The van der Waals surface area contributed by atoms with E-state index < -0.39 is 10.9 Å². The average Bonchev–Trinajstić information content (AvgIpc) is 2.72. The summed E-state index contributed by atoms with van der Waals surface area (Å²) in [5.74, 6) is 0.796. The highest BCUT2D eigenvalue weighted by Gasteiger charge is 2.24. The number of anilines is 2. The van der Waals surface area contributed by atoms with E-state index in [1.54, 1.807) is 6.20 Å². The minimum Gasteiger partial charge on any atom is -0.468 e. The summed E-state index contributed by atoms with van der Waals surface area (Å²) < 4.78 is 4.58. The van der Waals surface area contributed by atoms with Crippen molar-refractivity contribution in [1.29, 1.82) is 0 Å². The maximum atomic E-state index is 11.3. The number of piperazine rings is 1. The molecule has 3 rings (SSSR count). The molecule has 0 atom stereocenters. The summed E-state index contributed by atoms with van der Waals surface area (Å²) in [6.45, 7) is 2.80. The van der Waals surface area contributed by atoms with Crippen LogP contribution in [0, 0.1) is 10.1 Å². The van der Waals surface area contributed by atoms with Crippen LogP contribution in [0.25, 0.3) is 0 Å². The number of carbonyl (C=O) groups is 1. The van der Waals surface area contributed by atoms with Gasteiger partial charge < -0.3 is 14.5 Å². The van der Waals surface area contributed by atoms with Crippen molar-refractivity contribution < 1.29 is 14.5 Å². The lowest BCUT2D eigenvalue weighted by atomic mass is 10.3. The molecule has 0 bridgehead atoms. The first-order chi connectivity index (χ1) is 13.1. The van der Waals surface area contributed by atoms with Gasteiger partial charge in [-0.05, 0) is 12.1 Å². The summed E-state index contributed by atoms with van der Waals surface area (Å²) >= 11 is 0.969. The van der Waals surface area contributed by atoms with E-state index in [-0.39, 0.29) is 16.5 Å². The minimum absolute atomic E-state index is 0.0543. The Morgan fingerprint density at radius 2 is 2.00 bits per heavy atom. The summed E-state index contributed by atoms with van der Waals surface area (Å²) in [6, 6.07) is 5.77. The molecular formula is C16H18N6O4S. The van der Waals surface area contributed by atoms with E-state index in [4.69, 9.17) is 0 Å². The Labute approximate surface area is 159 Å². The van der Waals surface area contributed by atoms with E-state index in [0.29, 0.717) is 19.0 Å². The van der Waals surface area contributed by atoms with Gasteiger partial charge in [0.2, 0.25) is 5.95 Å². The highest BCUT2D eigenvalue weighted by atomic mass is 32.2. The molecule has 2 aromatic heterocycles. The lowest BCUT2D eigenvalue weighted by Gasteiger charge is -2.35. The van der Waals surface area contributed by atoms with Crippen molar-refractivity contribution in [2.24, 2.45) is 0 Å². The number of aromatic nitrogens is 3. The maximum absolute atomic E-state index is 11.3. The number of thioether (sulfide) groups is 1. The zero-order valence-corrected chi connectivity index (χ0v) is 15.5. The van der Waals surface area contributed by atoms with Gasteiger partial charge in [-0.2, -0.15) is 4.98 Å². The molecule has 0 radical (unpaired) electrons. The molecule has 142 valence electrons. The van der Waals surface area contributed by atoms with E-state index in [1.165, 1.54) is 13.3 Å². The third-order valence-corrected chi connectivity index (χ3v) is 4.96. The van der Waals surface area contributed by atoms with Gasteiger partial charge in [-0.15, -0.1) is 0 Å². The highest BCUT2D eigenvalue weighted by Crippen LogP contribution is 2.28. The third kappa shape index (κ3) is 4.61. The van der Waals surface area contributed by atoms with Gasteiger partial charge in [-0.25, -0.2) is 9.97 Å². The molecule has 0 saturated carbocycles. The molecule has 27 heavy (non-hydrogen) atoms. The predicted octanol–water partition coefficient (Wildman–Crippen LogP) is 1.37. The fourth-order valence-corrected chi connectivity index (χ4v) is 3.39. The fraction of sp³-hybridized carbons (Fsp3) is 0.375. The van der Waals surface area contributed by atoms with E-state index in [0.717, 1.165) is 30.7 Å². The van der Waals surface area contributed by atoms with Crippen molar-refractivity contribution in [3.8, 4) is 0 Å². The van der Waals surface area contributed by atoms with Crippen LogP contribution in [-0.4, -0.2) is 64.9 Å². The number of pyridine rings is 1. The monoisotopic (exact) mass is 390 g/mol. The second kappa shape index (κ2) is 8.62. The van der Waals surface area contributed by atoms with E-state index in [9.17, 15) is 14.9 Å². The maximum Gasteiger partial charge on any atom is 0.319 e. The Hall–Kier alpha value is -2.95. The zero-order chi connectivity index (χ0) is 19.2. The van der Waals surface area contributed by atoms with Gasteiger partial charge in [-0.1, -0.05) is 17.8 Å². The number of nitrogens with zero attached hydrogens (tertiary/aromatic N) is 6. The van der Waals surface area contributed by atoms with Crippen molar-refractivity contribution in [2.45, 2.75) is 5.03 Å². The molecular weight excluding hydrogens is 372 g/mol. The Kier molecular flexibility index (Phi) is 6.01. The topological polar surface area (TPSA) is 115 Å². The molecule has 0 amide bonds. The van der Waals surface area contributed by atoms with Gasteiger partial charge in [-0.3, -0.25) is 14.9 Å². The number of methoxy groups -OCH3 is 1. The summed E-state index contributed by atoms with van der Waals surface area (Å²) in [5, 5.41) is 11.3. The van der Waals surface area contributed by atoms with Gasteiger partial charge in [0.25, 0.3) is 0 Å². The molecule has 0 aromatic carbocycles. The molecule has 1 saturated heterocycles. The summed E-state index contributed by atoms with van der Waals surface area (Å²) in [6.07, 6.45) is 2.94. The number of hydrogen-bond donors (Lipinski definition) is 0. The zero-order valence-electron chi connectivity index (χ0n) is 14.6. The van der Waals surface area contributed by atoms with Crippen LogP contribution >= 0.6 is 11.8 Å². The molecule has 1 aliphatic heterocycles. The number of esters is 1. The number of hydrogen-bond acceptors (Lipinski definition) is 10. The van der Waals surface area contributed by atoms with Gasteiger partial charge in [0, 0.05) is 32.4 Å². The second-order valence-corrected chi connectivity index (χ2v) is 6.61. The van der Waals surface area contributed by atoms with Gasteiger partial charge >= 0.3 is 11.7 Å². The average molecular weight is 390 g/mol. The third-order valence-electron chi connectivity index (χ3n) is 4.01. The van der Waals surface area contributed by atoms with Crippen molar-refractivity contribution in [2.75, 3.05) is 48.8 Å². The molecule has 2 aromatic rings. The molecule has 3 heterocycles. The number of nitro groups is 1. The first kappa shape index (κ1) is 18.8. The quantitative estimate of drug-likeness (QED) is 0.235. The van der Waals surface area contributed by atoms with Crippen LogP contribution in [0.3, 0.4) is 0 Å². The molecule has 11 heteroatoms. The van der Waals surface area contributed by atoms with Crippen molar-refractivity contribution >= 4 is 35.2 Å². The van der Waals surface area contributed by atoms with Crippen LogP contribution in [0.4, 0.5) is 17.5 Å². The predicted molar refractivity (Wildman–Crippen MR) is 100 cm³/mol. The molecule has 0 aliphatic carbocycles.